The van der Waals surface area contributed by atoms with Gasteiger partial charge in [-0.3, -0.25) is 0 Å². The number of fused-ring (bicyclic) bond motifs is 4. The SMILES string of the molecule is c1ccc(-c2ccc3oc4cccc(-c5cccc6c(-c7nc(-c8ccccc8)nc(-c8ccc([Si](c9ccccc9)(c9ccccc9)c9ccccc9)cc8)n7)cccc56)c4c3c2)cc1. The molecule has 0 amide bonds. The van der Waals surface area contributed by atoms with Gasteiger partial charge in [-0.15, -0.1) is 0 Å². The second-order valence-corrected chi connectivity index (χ2v) is 20.5. The van der Waals surface area contributed by atoms with Crippen LogP contribution in [0.1, 0.15) is 0 Å². The average molecular weight is 860 g/mol. The molecule has 0 saturated heterocycles. The molecule has 0 N–H and O–H groups in total. The minimum Gasteiger partial charge on any atom is -0.456 e. The molecule has 0 fully saturated rings. The van der Waals surface area contributed by atoms with Crippen molar-refractivity contribution in [2.24, 2.45) is 0 Å². The minimum atomic E-state index is -2.72. The third kappa shape index (κ3) is 6.73. The molecule has 0 aliphatic carbocycles. The zero-order valence-corrected chi connectivity index (χ0v) is 36.9. The van der Waals surface area contributed by atoms with Crippen molar-refractivity contribution in [3.8, 4) is 56.4 Å². The first-order valence-corrected chi connectivity index (χ1v) is 24.3. The lowest BCUT2D eigenvalue weighted by atomic mass is 9.92. The molecular weight excluding hydrogens is 819 g/mol. The van der Waals surface area contributed by atoms with Gasteiger partial charge >= 0.3 is 0 Å². The molecule has 12 rings (SSSR count). The Morgan fingerprint density at radius 3 is 1.30 bits per heavy atom. The van der Waals surface area contributed by atoms with Crippen molar-refractivity contribution in [2.75, 3.05) is 0 Å². The number of benzene rings is 10. The van der Waals surface area contributed by atoms with E-state index in [4.69, 9.17) is 19.4 Å². The molecule has 12 aromatic rings. The second kappa shape index (κ2) is 16.6. The minimum absolute atomic E-state index is 0.617. The standard InChI is InChI=1S/C61H41N3OSi/c1-6-19-42(20-7-1)45-37-40-56-55(41-45)58-53(32-18-34-57(58)65-56)51-30-16-31-52-50(51)29-17-33-54(52)61-63-59(43-21-8-2-9-22-43)62-60(64-61)44-35-38-49(39-36-44)66(46-23-10-3-11-24-46,47-25-12-4-13-26-47)48-27-14-5-15-28-48/h1-41H. The van der Waals surface area contributed by atoms with Gasteiger partial charge in [0.2, 0.25) is 0 Å². The Labute approximate surface area is 384 Å². The summed E-state index contributed by atoms with van der Waals surface area (Å²) in [5.41, 5.74) is 9.06. The smallest absolute Gasteiger partial charge is 0.179 e. The van der Waals surface area contributed by atoms with Crippen LogP contribution in [0.15, 0.2) is 253 Å². The van der Waals surface area contributed by atoms with E-state index in [9.17, 15) is 0 Å². The van der Waals surface area contributed by atoms with Gasteiger partial charge in [0.05, 0.1) is 0 Å². The van der Waals surface area contributed by atoms with Gasteiger partial charge in [-0.2, -0.15) is 0 Å². The van der Waals surface area contributed by atoms with Crippen LogP contribution in [0.3, 0.4) is 0 Å². The van der Waals surface area contributed by atoms with Gasteiger partial charge in [-0.1, -0.05) is 231 Å². The molecule has 0 spiro atoms. The van der Waals surface area contributed by atoms with Crippen LogP contribution < -0.4 is 20.7 Å². The van der Waals surface area contributed by atoms with Crippen LogP contribution in [0, 0.1) is 0 Å². The summed E-state index contributed by atoms with van der Waals surface area (Å²) in [4.78, 5) is 15.7. The van der Waals surface area contributed by atoms with Crippen molar-refractivity contribution in [2.45, 2.75) is 0 Å². The Morgan fingerprint density at radius 2 is 0.712 bits per heavy atom. The van der Waals surface area contributed by atoms with Gasteiger partial charge in [-0.25, -0.2) is 15.0 Å². The van der Waals surface area contributed by atoms with Gasteiger partial charge in [0.15, 0.2) is 25.5 Å². The van der Waals surface area contributed by atoms with Gasteiger partial charge in [0.25, 0.3) is 0 Å². The Balaban J connectivity index is 1.01. The molecule has 4 nitrogen and oxygen atoms in total. The Morgan fingerprint density at radius 1 is 0.273 bits per heavy atom. The highest BCUT2D eigenvalue weighted by Gasteiger charge is 2.41. The molecule has 310 valence electrons. The highest BCUT2D eigenvalue weighted by atomic mass is 28.3. The lowest BCUT2D eigenvalue weighted by Gasteiger charge is -2.34. The molecule has 0 aliphatic heterocycles. The fourth-order valence-electron chi connectivity index (χ4n) is 9.88. The van der Waals surface area contributed by atoms with Crippen LogP contribution >= 0.6 is 0 Å². The molecule has 10 aromatic carbocycles. The summed E-state index contributed by atoms with van der Waals surface area (Å²) >= 11 is 0. The summed E-state index contributed by atoms with van der Waals surface area (Å²) in [6, 6.07) is 88.5. The zero-order valence-electron chi connectivity index (χ0n) is 35.9. The van der Waals surface area contributed by atoms with E-state index in [0.717, 1.165) is 66.1 Å². The van der Waals surface area contributed by atoms with Crippen LogP contribution in [0.4, 0.5) is 0 Å². The first-order valence-electron chi connectivity index (χ1n) is 22.3. The highest BCUT2D eigenvalue weighted by Crippen LogP contribution is 2.42. The zero-order chi connectivity index (χ0) is 43.9. The van der Waals surface area contributed by atoms with Gasteiger partial charge in [-0.05, 0) is 72.0 Å². The Hall–Kier alpha value is -8.51. The molecule has 0 atom stereocenters. The largest absolute Gasteiger partial charge is 0.456 e. The van der Waals surface area contributed by atoms with Crippen molar-refractivity contribution < 1.29 is 4.42 Å². The summed E-state index contributed by atoms with van der Waals surface area (Å²) in [5.74, 6) is 1.86. The predicted molar refractivity (Wildman–Crippen MR) is 275 cm³/mol. The van der Waals surface area contributed by atoms with Crippen LogP contribution in [-0.4, -0.2) is 23.0 Å². The molecule has 66 heavy (non-hydrogen) atoms. The fraction of sp³-hybridized carbons (Fsp3) is 0. The maximum Gasteiger partial charge on any atom is 0.179 e. The second-order valence-electron chi connectivity index (χ2n) is 16.7. The summed E-state index contributed by atoms with van der Waals surface area (Å²) in [7, 11) is -2.72. The van der Waals surface area contributed by atoms with Gasteiger partial charge < -0.3 is 4.42 Å². The van der Waals surface area contributed by atoms with E-state index in [1.165, 1.54) is 26.3 Å². The molecular formula is C61H41N3OSi. The van der Waals surface area contributed by atoms with E-state index in [1.807, 2.05) is 18.2 Å². The summed E-state index contributed by atoms with van der Waals surface area (Å²) in [5, 5.41) is 9.61. The average Bonchev–Trinajstić information content (AvgIpc) is 3.79. The predicted octanol–water partition coefficient (Wildman–Crippen LogP) is 12.6. The van der Waals surface area contributed by atoms with E-state index in [0.29, 0.717) is 17.5 Å². The maximum atomic E-state index is 6.49. The molecule has 5 heteroatoms. The number of hydrogen-bond donors (Lipinski definition) is 0. The van der Waals surface area contributed by atoms with E-state index in [1.54, 1.807) is 0 Å². The molecule has 2 heterocycles. The first kappa shape index (κ1) is 39.1. The topological polar surface area (TPSA) is 51.8 Å². The Bertz CT molecular complexity index is 3580. The molecule has 2 aromatic heterocycles. The molecule has 0 saturated carbocycles. The number of aromatic nitrogens is 3. The monoisotopic (exact) mass is 859 g/mol. The van der Waals surface area contributed by atoms with Gasteiger partial charge in [0.1, 0.15) is 11.2 Å². The summed E-state index contributed by atoms with van der Waals surface area (Å²) in [6.07, 6.45) is 0. The maximum absolute atomic E-state index is 6.49. The van der Waals surface area contributed by atoms with Crippen LogP contribution in [0.25, 0.3) is 89.1 Å². The molecule has 0 bridgehead atoms. The van der Waals surface area contributed by atoms with Crippen molar-refractivity contribution in [3.63, 3.8) is 0 Å². The van der Waals surface area contributed by atoms with Gasteiger partial charge in [0, 0.05) is 27.5 Å². The Kier molecular flexibility index (Phi) is 9.81. The van der Waals surface area contributed by atoms with E-state index in [-0.39, 0.29) is 0 Å². The first-order chi connectivity index (χ1) is 32.7. The van der Waals surface area contributed by atoms with Crippen LogP contribution in [0.5, 0.6) is 0 Å². The quantitative estimate of drug-likeness (QED) is 0.107. The summed E-state index contributed by atoms with van der Waals surface area (Å²) < 4.78 is 6.49. The normalized spacial score (nSPS) is 11.6. The van der Waals surface area contributed by atoms with E-state index >= 15 is 0 Å². The molecule has 0 aliphatic rings. The highest BCUT2D eigenvalue weighted by molar-refractivity contribution is 7.19. The van der Waals surface area contributed by atoms with E-state index in [2.05, 4.69) is 231 Å². The van der Waals surface area contributed by atoms with E-state index < -0.39 is 8.07 Å². The lowest BCUT2D eigenvalue weighted by Crippen LogP contribution is -2.74. The number of rotatable bonds is 9. The lowest BCUT2D eigenvalue weighted by molar-refractivity contribution is 0.669. The number of furan rings is 1. The molecule has 0 unspecified atom stereocenters. The van der Waals surface area contributed by atoms with Crippen molar-refractivity contribution in [1.82, 2.24) is 15.0 Å². The summed E-state index contributed by atoms with van der Waals surface area (Å²) in [6.45, 7) is 0. The van der Waals surface area contributed by atoms with Crippen molar-refractivity contribution in [3.05, 3.63) is 249 Å². The van der Waals surface area contributed by atoms with Crippen molar-refractivity contribution in [1.29, 1.82) is 0 Å². The van der Waals surface area contributed by atoms with Crippen LogP contribution in [0.2, 0.25) is 0 Å². The third-order valence-corrected chi connectivity index (χ3v) is 17.7. The fourth-order valence-corrected chi connectivity index (χ4v) is 14.6. The van der Waals surface area contributed by atoms with Crippen LogP contribution in [-0.2, 0) is 0 Å². The number of hydrogen-bond acceptors (Lipinski definition) is 4. The third-order valence-electron chi connectivity index (χ3n) is 12.9. The number of nitrogens with zero attached hydrogens (tertiary/aromatic N) is 3. The van der Waals surface area contributed by atoms with Crippen molar-refractivity contribution >= 4 is 61.5 Å². The molecule has 0 radical (unpaired) electrons.